The maximum absolute atomic E-state index is 13.1. The SMILES string of the molecule is Cc1ccc(C)c(OCCNC(=O)c2ccc(F)c(F)c2)c1C. The van der Waals surface area contributed by atoms with Crippen molar-refractivity contribution in [2.24, 2.45) is 0 Å². The van der Waals surface area contributed by atoms with E-state index in [0.29, 0.717) is 6.61 Å². The molecule has 122 valence electrons. The lowest BCUT2D eigenvalue weighted by Gasteiger charge is -2.14. The third kappa shape index (κ3) is 4.06. The second-order valence-corrected chi connectivity index (χ2v) is 5.39. The molecule has 0 bridgehead atoms. The highest BCUT2D eigenvalue weighted by Gasteiger charge is 2.10. The molecule has 1 N–H and O–H groups in total. The van der Waals surface area contributed by atoms with Crippen LogP contribution in [0, 0.1) is 32.4 Å². The Morgan fingerprint density at radius 1 is 1.04 bits per heavy atom. The Balaban J connectivity index is 1.89. The van der Waals surface area contributed by atoms with E-state index in [-0.39, 0.29) is 12.1 Å². The number of amides is 1. The summed E-state index contributed by atoms with van der Waals surface area (Å²) in [6.45, 7) is 6.51. The molecule has 2 aromatic carbocycles. The summed E-state index contributed by atoms with van der Waals surface area (Å²) in [5.41, 5.74) is 3.31. The third-order valence-corrected chi connectivity index (χ3v) is 3.69. The van der Waals surface area contributed by atoms with E-state index in [9.17, 15) is 13.6 Å². The summed E-state index contributed by atoms with van der Waals surface area (Å²) in [5.74, 6) is -1.67. The number of aryl methyl sites for hydroxylation is 2. The molecule has 0 saturated carbocycles. The zero-order valence-corrected chi connectivity index (χ0v) is 13.4. The van der Waals surface area contributed by atoms with Crippen molar-refractivity contribution >= 4 is 5.91 Å². The number of halogens is 2. The van der Waals surface area contributed by atoms with Crippen molar-refractivity contribution in [3.63, 3.8) is 0 Å². The van der Waals surface area contributed by atoms with E-state index in [0.717, 1.165) is 34.6 Å². The van der Waals surface area contributed by atoms with Crippen LogP contribution in [0.25, 0.3) is 0 Å². The average Bonchev–Trinajstić information content (AvgIpc) is 2.52. The van der Waals surface area contributed by atoms with Crippen LogP contribution < -0.4 is 10.1 Å². The normalized spacial score (nSPS) is 10.5. The Bertz CT molecular complexity index is 729. The lowest BCUT2D eigenvalue weighted by molar-refractivity contribution is 0.0946. The molecule has 3 nitrogen and oxygen atoms in total. The standard InChI is InChI=1S/C18H19F2NO2/c1-11-4-5-12(2)17(13(11)3)23-9-8-21-18(22)14-6-7-15(19)16(20)10-14/h4-7,10H,8-9H2,1-3H3,(H,21,22). The highest BCUT2D eigenvalue weighted by atomic mass is 19.2. The van der Waals surface area contributed by atoms with Crippen molar-refractivity contribution < 1.29 is 18.3 Å². The molecule has 0 aliphatic carbocycles. The van der Waals surface area contributed by atoms with Crippen molar-refractivity contribution in [3.05, 3.63) is 64.2 Å². The van der Waals surface area contributed by atoms with Gasteiger partial charge in [0, 0.05) is 5.56 Å². The number of hydrogen-bond donors (Lipinski definition) is 1. The fraction of sp³-hybridized carbons (Fsp3) is 0.278. The predicted molar refractivity (Wildman–Crippen MR) is 84.8 cm³/mol. The molecule has 0 atom stereocenters. The van der Waals surface area contributed by atoms with Gasteiger partial charge in [0.2, 0.25) is 0 Å². The van der Waals surface area contributed by atoms with E-state index < -0.39 is 17.5 Å². The van der Waals surface area contributed by atoms with Gasteiger partial charge in [0.1, 0.15) is 12.4 Å². The molecule has 0 aromatic heterocycles. The minimum absolute atomic E-state index is 0.0758. The molecule has 0 heterocycles. The predicted octanol–water partition coefficient (Wildman–Crippen LogP) is 3.70. The molecule has 0 radical (unpaired) electrons. The zero-order valence-electron chi connectivity index (χ0n) is 13.4. The first kappa shape index (κ1) is 16.9. The Labute approximate surface area is 134 Å². The number of ether oxygens (including phenoxy) is 1. The monoisotopic (exact) mass is 319 g/mol. The summed E-state index contributed by atoms with van der Waals surface area (Å²) in [4.78, 5) is 11.9. The summed E-state index contributed by atoms with van der Waals surface area (Å²) in [7, 11) is 0. The number of hydrogen-bond acceptors (Lipinski definition) is 2. The Hall–Kier alpha value is -2.43. The summed E-state index contributed by atoms with van der Waals surface area (Å²) < 4.78 is 31.7. The molecule has 0 fully saturated rings. The molecule has 0 aliphatic heterocycles. The molecule has 5 heteroatoms. The molecular weight excluding hydrogens is 300 g/mol. The first-order valence-electron chi connectivity index (χ1n) is 7.33. The van der Waals surface area contributed by atoms with Gasteiger partial charge in [0.05, 0.1) is 6.54 Å². The van der Waals surface area contributed by atoms with E-state index in [4.69, 9.17) is 4.74 Å². The summed E-state index contributed by atoms with van der Waals surface area (Å²) in [6.07, 6.45) is 0. The van der Waals surface area contributed by atoms with E-state index in [2.05, 4.69) is 5.32 Å². The first-order chi connectivity index (χ1) is 10.9. The molecule has 0 aliphatic rings. The minimum Gasteiger partial charge on any atom is -0.491 e. The maximum Gasteiger partial charge on any atom is 0.251 e. The summed E-state index contributed by atoms with van der Waals surface area (Å²) >= 11 is 0. The molecule has 0 spiro atoms. The molecule has 2 aromatic rings. The summed E-state index contributed by atoms with van der Waals surface area (Å²) in [6, 6.07) is 7.06. The van der Waals surface area contributed by atoms with Crippen molar-refractivity contribution in [1.82, 2.24) is 5.32 Å². The van der Waals surface area contributed by atoms with E-state index >= 15 is 0 Å². The first-order valence-corrected chi connectivity index (χ1v) is 7.33. The van der Waals surface area contributed by atoms with Crippen LogP contribution in [0.15, 0.2) is 30.3 Å². The van der Waals surface area contributed by atoms with Crippen LogP contribution in [0.3, 0.4) is 0 Å². The topological polar surface area (TPSA) is 38.3 Å². The van der Waals surface area contributed by atoms with E-state index in [1.165, 1.54) is 6.07 Å². The highest BCUT2D eigenvalue weighted by molar-refractivity contribution is 5.94. The Kier molecular flexibility index (Phi) is 5.32. The summed E-state index contributed by atoms with van der Waals surface area (Å²) in [5, 5.41) is 2.62. The molecule has 0 unspecified atom stereocenters. The highest BCUT2D eigenvalue weighted by Crippen LogP contribution is 2.25. The van der Waals surface area contributed by atoms with E-state index in [1.807, 2.05) is 32.9 Å². The van der Waals surface area contributed by atoms with Crippen LogP contribution in [0.1, 0.15) is 27.0 Å². The van der Waals surface area contributed by atoms with Gasteiger partial charge in [-0.05, 0) is 55.7 Å². The van der Waals surface area contributed by atoms with Gasteiger partial charge in [0.25, 0.3) is 5.91 Å². The van der Waals surface area contributed by atoms with Crippen LogP contribution in [-0.4, -0.2) is 19.1 Å². The van der Waals surface area contributed by atoms with Gasteiger partial charge < -0.3 is 10.1 Å². The fourth-order valence-electron chi connectivity index (χ4n) is 2.20. The van der Waals surface area contributed by atoms with Gasteiger partial charge in [-0.2, -0.15) is 0 Å². The molecule has 0 saturated heterocycles. The Morgan fingerprint density at radius 3 is 2.43 bits per heavy atom. The minimum atomic E-state index is -1.04. The van der Waals surface area contributed by atoms with Gasteiger partial charge in [-0.3, -0.25) is 4.79 Å². The lowest BCUT2D eigenvalue weighted by atomic mass is 10.1. The van der Waals surface area contributed by atoms with Gasteiger partial charge in [-0.15, -0.1) is 0 Å². The lowest BCUT2D eigenvalue weighted by Crippen LogP contribution is -2.28. The largest absolute Gasteiger partial charge is 0.491 e. The number of carbonyl (C=O) groups is 1. The van der Waals surface area contributed by atoms with Crippen molar-refractivity contribution in [2.75, 3.05) is 13.2 Å². The smallest absolute Gasteiger partial charge is 0.251 e. The zero-order chi connectivity index (χ0) is 17.0. The van der Waals surface area contributed by atoms with Crippen LogP contribution in [0.4, 0.5) is 8.78 Å². The second-order valence-electron chi connectivity index (χ2n) is 5.39. The van der Waals surface area contributed by atoms with Gasteiger partial charge in [-0.1, -0.05) is 12.1 Å². The molecule has 23 heavy (non-hydrogen) atoms. The molecule has 2 rings (SSSR count). The second kappa shape index (κ2) is 7.22. The number of carbonyl (C=O) groups excluding carboxylic acids is 1. The molecule has 1 amide bonds. The van der Waals surface area contributed by atoms with Crippen LogP contribution in [0.5, 0.6) is 5.75 Å². The van der Waals surface area contributed by atoms with Crippen molar-refractivity contribution in [1.29, 1.82) is 0 Å². The number of benzene rings is 2. The van der Waals surface area contributed by atoms with Crippen molar-refractivity contribution in [2.45, 2.75) is 20.8 Å². The van der Waals surface area contributed by atoms with Crippen molar-refractivity contribution in [3.8, 4) is 5.75 Å². The number of rotatable bonds is 5. The van der Waals surface area contributed by atoms with Crippen LogP contribution in [0.2, 0.25) is 0 Å². The average molecular weight is 319 g/mol. The quantitative estimate of drug-likeness (QED) is 0.854. The molecular formula is C18H19F2NO2. The fourth-order valence-corrected chi connectivity index (χ4v) is 2.20. The van der Waals surface area contributed by atoms with Crippen LogP contribution in [-0.2, 0) is 0 Å². The third-order valence-electron chi connectivity index (χ3n) is 3.69. The number of nitrogens with one attached hydrogen (secondary N) is 1. The van der Waals surface area contributed by atoms with Gasteiger partial charge in [-0.25, -0.2) is 8.78 Å². The maximum atomic E-state index is 13.1. The van der Waals surface area contributed by atoms with Crippen LogP contribution >= 0.6 is 0 Å². The Morgan fingerprint density at radius 2 is 1.74 bits per heavy atom. The van der Waals surface area contributed by atoms with Gasteiger partial charge >= 0.3 is 0 Å². The van der Waals surface area contributed by atoms with Gasteiger partial charge in [0.15, 0.2) is 11.6 Å². The van der Waals surface area contributed by atoms with E-state index in [1.54, 1.807) is 0 Å².